The lowest BCUT2D eigenvalue weighted by atomic mass is 10.1. The van der Waals surface area contributed by atoms with Gasteiger partial charge in [-0.25, -0.2) is 0 Å². The number of fused-ring (bicyclic) bond motifs is 1. The molecule has 142 valence electrons. The molecule has 1 amide bonds. The van der Waals surface area contributed by atoms with E-state index >= 15 is 0 Å². The van der Waals surface area contributed by atoms with E-state index in [0.717, 1.165) is 35.6 Å². The fraction of sp³-hybridized carbons (Fsp3) is 0.421. The van der Waals surface area contributed by atoms with Gasteiger partial charge in [-0.15, -0.1) is 0 Å². The number of hydrogen-bond donors (Lipinski definition) is 1. The van der Waals surface area contributed by atoms with Crippen molar-refractivity contribution in [2.75, 3.05) is 32.8 Å². The third-order valence-electron chi connectivity index (χ3n) is 4.68. The largest absolute Gasteiger partial charge is 0.465 e. The topological polar surface area (TPSA) is 85.4 Å². The van der Waals surface area contributed by atoms with E-state index in [-0.39, 0.29) is 18.5 Å². The van der Waals surface area contributed by atoms with Crippen LogP contribution in [0.3, 0.4) is 0 Å². The molecule has 1 atom stereocenters. The Hall–Kier alpha value is -2.71. The zero-order valence-corrected chi connectivity index (χ0v) is 15.3. The van der Waals surface area contributed by atoms with E-state index in [0.29, 0.717) is 19.8 Å². The Bertz CT molecular complexity index is 880. The van der Waals surface area contributed by atoms with Gasteiger partial charge in [0.15, 0.2) is 0 Å². The Kier molecular flexibility index (Phi) is 5.17. The molecule has 1 N–H and O–H groups in total. The van der Waals surface area contributed by atoms with Crippen molar-refractivity contribution in [2.45, 2.75) is 19.5 Å². The predicted molar refractivity (Wildman–Crippen MR) is 99.1 cm³/mol. The average Bonchev–Trinajstić information content (AvgIpc) is 3.28. The second kappa shape index (κ2) is 7.89. The van der Waals surface area contributed by atoms with Gasteiger partial charge >= 0.3 is 0 Å². The first-order valence-corrected chi connectivity index (χ1v) is 9.14. The third-order valence-corrected chi connectivity index (χ3v) is 4.68. The van der Waals surface area contributed by atoms with Crippen molar-refractivity contribution in [2.24, 2.45) is 0 Å². The maximum Gasteiger partial charge on any atom is 0.243 e. The Morgan fingerprint density at radius 2 is 1.85 bits per heavy atom. The van der Waals surface area contributed by atoms with Crippen LogP contribution in [0.5, 0.6) is 0 Å². The smallest absolute Gasteiger partial charge is 0.243 e. The van der Waals surface area contributed by atoms with Gasteiger partial charge in [-0.05, 0) is 31.2 Å². The lowest BCUT2D eigenvalue weighted by Crippen LogP contribution is -2.44. The number of aromatic nitrogens is 3. The molecular weight excluding hydrogens is 346 g/mol. The van der Waals surface area contributed by atoms with Crippen LogP contribution >= 0.6 is 0 Å². The number of nitrogens with one attached hydrogen (secondary N) is 1. The lowest BCUT2D eigenvalue weighted by molar-refractivity contribution is -0.122. The van der Waals surface area contributed by atoms with Crippen LogP contribution in [0.2, 0.25) is 0 Å². The molecule has 1 aliphatic rings. The van der Waals surface area contributed by atoms with Crippen molar-refractivity contribution in [3.05, 3.63) is 47.9 Å². The molecule has 0 saturated carbocycles. The number of rotatable bonds is 6. The molecule has 27 heavy (non-hydrogen) atoms. The summed E-state index contributed by atoms with van der Waals surface area (Å²) in [5.41, 5.74) is 1.56. The second-order valence-corrected chi connectivity index (χ2v) is 6.64. The number of morpholine rings is 1. The van der Waals surface area contributed by atoms with Gasteiger partial charge in [-0.3, -0.25) is 9.69 Å². The summed E-state index contributed by atoms with van der Waals surface area (Å²) in [6.45, 7) is 5.47. The summed E-state index contributed by atoms with van der Waals surface area (Å²) >= 11 is 0. The number of ether oxygens (including phenoxy) is 1. The molecule has 1 aromatic carbocycles. The minimum Gasteiger partial charge on any atom is -0.465 e. The van der Waals surface area contributed by atoms with Gasteiger partial charge in [0.25, 0.3) is 0 Å². The molecule has 8 nitrogen and oxygen atoms in total. The third kappa shape index (κ3) is 4.17. The number of nitrogens with zero attached hydrogens (tertiary/aromatic N) is 4. The highest BCUT2D eigenvalue weighted by Crippen LogP contribution is 2.23. The number of carbonyl (C=O) groups is 1. The maximum absolute atomic E-state index is 12.4. The van der Waals surface area contributed by atoms with Crippen LogP contribution in [-0.4, -0.2) is 58.6 Å². The SMILES string of the molecule is Cc1ccc(C(CNC(=O)Cn2nc3ccccc3n2)N2CCOCC2)o1. The Morgan fingerprint density at radius 1 is 1.15 bits per heavy atom. The van der Waals surface area contributed by atoms with Crippen LogP contribution in [0.25, 0.3) is 11.0 Å². The van der Waals surface area contributed by atoms with E-state index in [4.69, 9.17) is 9.15 Å². The molecular formula is C19H23N5O3. The highest BCUT2D eigenvalue weighted by molar-refractivity contribution is 5.77. The standard InChI is InChI=1S/C19H23N5O3/c1-14-6-7-18(27-14)17(23-8-10-26-11-9-23)12-20-19(25)13-24-21-15-4-2-3-5-16(15)22-24/h2-7,17H,8-13H2,1H3,(H,20,25). The van der Waals surface area contributed by atoms with Gasteiger partial charge in [0.05, 0.1) is 19.3 Å². The molecule has 2 aromatic heterocycles. The molecule has 0 spiro atoms. The fourth-order valence-corrected chi connectivity index (χ4v) is 3.30. The van der Waals surface area contributed by atoms with Crippen LogP contribution < -0.4 is 5.32 Å². The molecule has 1 unspecified atom stereocenters. The van der Waals surface area contributed by atoms with Crippen LogP contribution in [0.1, 0.15) is 17.6 Å². The number of aryl methyl sites for hydroxylation is 1. The first kappa shape index (κ1) is 17.7. The summed E-state index contributed by atoms with van der Waals surface area (Å²) in [6.07, 6.45) is 0. The van der Waals surface area contributed by atoms with Crippen molar-refractivity contribution < 1.29 is 13.9 Å². The summed E-state index contributed by atoms with van der Waals surface area (Å²) in [4.78, 5) is 16.1. The molecule has 0 radical (unpaired) electrons. The van der Waals surface area contributed by atoms with Crippen molar-refractivity contribution in [3.8, 4) is 0 Å². The minimum atomic E-state index is -0.128. The lowest BCUT2D eigenvalue weighted by Gasteiger charge is -2.33. The Morgan fingerprint density at radius 3 is 2.48 bits per heavy atom. The second-order valence-electron chi connectivity index (χ2n) is 6.64. The summed E-state index contributed by atoms with van der Waals surface area (Å²) < 4.78 is 11.3. The average molecular weight is 369 g/mol. The van der Waals surface area contributed by atoms with E-state index in [1.54, 1.807) is 0 Å². The zero-order valence-electron chi connectivity index (χ0n) is 15.3. The molecule has 8 heteroatoms. The maximum atomic E-state index is 12.4. The fourth-order valence-electron chi connectivity index (χ4n) is 3.30. The van der Waals surface area contributed by atoms with Crippen molar-refractivity contribution >= 4 is 16.9 Å². The first-order valence-electron chi connectivity index (χ1n) is 9.14. The minimum absolute atomic E-state index is 0.0174. The number of hydrogen-bond acceptors (Lipinski definition) is 6. The molecule has 3 aromatic rings. The van der Waals surface area contributed by atoms with Crippen molar-refractivity contribution in [1.29, 1.82) is 0 Å². The van der Waals surface area contributed by atoms with Gasteiger partial charge in [-0.1, -0.05) is 12.1 Å². The monoisotopic (exact) mass is 369 g/mol. The van der Waals surface area contributed by atoms with E-state index in [1.807, 2.05) is 43.3 Å². The van der Waals surface area contributed by atoms with Gasteiger partial charge < -0.3 is 14.5 Å². The summed E-state index contributed by atoms with van der Waals surface area (Å²) in [5.74, 6) is 1.59. The van der Waals surface area contributed by atoms with E-state index in [2.05, 4.69) is 20.4 Å². The molecule has 3 heterocycles. The summed E-state index contributed by atoms with van der Waals surface area (Å²) in [7, 11) is 0. The van der Waals surface area contributed by atoms with Crippen LogP contribution in [0.15, 0.2) is 40.8 Å². The van der Waals surface area contributed by atoms with E-state index in [1.165, 1.54) is 4.80 Å². The number of furan rings is 1. The number of amides is 1. The van der Waals surface area contributed by atoms with E-state index < -0.39 is 0 Å². The van der Waals surface area contributed by atoms with Gasteiger partial charge in [0.1, 0.15) is 29.1 Å². The summed E-state index contributed by atoms with van der Waals surface area (Å²) in [5, 5.41) is 11.7. The predicted octanol–water partition coefficient (Wildman–Crippen LogP) is 1.52. The van der Waals surface area contributed by atoms with Gasteiger partial charge in [0.2, 0.25) is 5.91 Å². The Balaban J connectivity index is 1.41. The van der Waals surface area contributed by atoms with Crippen LogP contribution in [0, 0.1) is 6.92 Å². The zero-order chi connectivity index (χ0) is 18.6. The number of benzene rings is 1. The Labute approximate surface area is 157 Å². The number of carbonyl (C=O) groups excluding carboxylic acids is 1. The van der Waals surface area contributed by atoms with E-state index in [9.17, 15) is 4.79 Å². The molecule has 1 fully saturated rings. The molecule has 0 aliphatic carbocycles. The molecule has 4 rings (SSSR count). The quantitative estimate of drug-likeness (QED) is 0.709. The first-order chi connectivity index (χ1) is 13.2. The highest BCUT2D eigenvalue weighted by atomic mass is 16.5. The summed E-state index contributed by atoms with van der Waals surface area (Å²) in [6, 6.07) is 11.5. The molecule has 1 aliphatic heterocycles. The van der Waals surface area contributed by atoms with Crippen LogP contribution in [-0.2, 0) is 16.1 Å². The highest BCUT2D eigenvalue weighted by Gasteiger charge is 2.25. The normalized spacial score (nSPS) is 16.5. The van der Waals surface area contributed by atoms with Gasteiger partial charge in [-0.2, -0.15) is 15.0 Å². The molecule has 1 saturated heterocycles. The van der Waals surface area contributed by atoms with Crippen molar-refractivity contribution in [1.82, 2.24) is 25.2 Å². The molecule has 0 bridgehead atoms. The van der Waals surface area contributed by atoms with Gasteiger partial charge in [0, 0.05) is 19.6 Å². The van der Waals surface area contributed by atoms with Crippen LogP contribution in [0.4, 0.5) is 0 Å². The van der Waals surface area contributed by atoms with Crippen molar-refractivity contribution in [3.63, 3.8) is 0 Å².